The number of hydrogen-bond donors (Lipinski definition) is 0. The van der Waals surface area contributed by atoms with E-state index >= 15 is 0 Å². The number of esters is 1. The standard InChI is InChI=1S/C33H35NO3/c1-32(2)14-15-33(3,4)29-18-26-23(17-28(29)32)12-13-25-27(21-8-10-22(11-9-21)31(35)36-5)20-34(30(25)26)19-24-7-6-16-37-24/h6-11,16-18,20H,12-15,19H2,1-5H3. The third-order valence-electron chi connectivity index (χ3n) is 8.68. The molecule has 0 N–H and O–H groups in total. The summed E-state index contributed by atoms with van der Waals surface area (Å²) < 4.78 is 13.0. The minimum atomic E-state index is -0.312. The van der Waals surface area contributed by atoms with Crippen molar-refractivity contribution in [2.45, 2.75) is 70.8 Å². The van der Waals surface area contributed by atoms with Crippen LogP contribution >= 0.6 is 0 Å². The van der Waals surface area contributed by atoms with Crippen molar-refractivity contribution in [2.24, 2.45) is 0 Å². The summed E-state index contributed by atoms with van der Waals surface area (Å²) in [6.07, 6.45) is 8.45. The first-order valence-electron chi connectivity index (χ1n) is 13.3. The summed E-state index contributed by atoms with van der Waals surface area (Å²) in [4.78, 5) is 12.0. The van der Waals surface area contributed by atoms with E-state index < -0.39 is 0 Å². The number of carbonyl (C=O) groups is 1. The number of methoxy groups -OCH3 is 1. The molecule has 0 spiro atoms. The number of aromatic nitrogens is 1. The Labute approximate surface area is 219 Å². The molecular weight excluding hydrogens is 458 g/mol. The predicted molar refractivity (Wildman–Crippen MR) is 147 cm³/mol. The highest BCUT2D eigenvalue weighted by Gasteiger charge is 2.39. The van der Waals surface area contributed by atoms with Gasteiger partial charge in [0.25, 0.3) is 0 Å². The summed E-state index contributed by atoms with van der Waals surface area (Å²) in [5.41, 5.74) is 11.7. The van der Waals surface area contributed by atoms with E-state index in [4.69, 9.17) is 9.15 Å². The van der Waals surface area contributed by atoms with Gasteiger partial charge in [0, 0.05) is 17.3 Å². The van der Waals surface area contributed by atoms with Crippen LogP contribution in [0.25, 0.3) is 22.4 Å². The van der Waals surface area contributed by atoms with Crippen molar-refractivity contribution in [1.29, 1.82) is 0 Å². The Morgan fingerprint density at radius 2 is 1.65 bits per heavy atom. The molecule has 0 radical (unpaired) electrons. The fourth-order valence-electron chi connectivity index (χ4n) is 6.36. The second-order valence-electron chi connectivity index (χ2n) is 12.0. The zero-order valence-electron chi connectivity index (χ0n) is 22.5. The van der Waals surface area contributed by atoms with Gasteiger partial charge in [0.15, 0.2) is 0 Å². The van der Waals surface area contributed by atoms with Gasteiger partial charge in [-0.05, 0) is 94.7 Å². The Morgan fingerprint density at radius 1 is 0.946 bits per heavy atom. The van der Waals surface area contributed by atoms with Crippen molar-refractivity contribution in [2.75, 3.05) is 7.11 Å². The van der Waals surface area contributed by atoms with Crippen LogP contribution in [0, 0.1) is 0 Å². The lowest BCUT2D eigenvalue weighted by molar-refractivity contribution is 0.0600. The van der Waals surface area contributed by atoms with Gasteiger partial charge in [0.2, 0.25) is 0 Å². The average Bonchev–Trinajstić information content (AvgIpc) is 3.54. The molecule has 2 aliphatic rings. The Balaban J connectivity index is 1.54. The van der Waals surface area contributed by atoms with Gasteiger partial charge in [0.1, 0.15) is 5.76 Å². The Kier molecular flexibility index (Phi) is 5.48. The summed E-state index contributed by atoms with van der Waals surface area (Å²) in [6, 6.07) is 16.8. The van der Waals surface area contributed by atoms with E-state index in [2.05, 4.69) is 50.6 Å². The van der Waals surface area contributed by atoms with Gasteiger partial charge >= 0.3 is 5.97 Å². The fourth-order valence-corrected chi connectivity index (χ4v) is 6.36. The second-order valence-corrected chi connectivity index (χ2v) is 12.0. The SMILES string of the molecule is COC(=O)c1ccc(-c2cn(Cc3ccco3)c3c2CCc2cc4c(cc2-3)C(C)(C)CCC4(C)C)cc1. The molecule has 0 amide bonds. The van der Waals surface area contributed by atoms with Gasteiger partial charge in [-0.1, -0.05) is 45.9 Å². The minimum absolute atomic E-state index is 0.155. The van der Waals surface area contributed by atoms with Crippen LogP contribution in [0.2, 0.25) is 0 Å². The van der Waals surface area contributed by atoms with Crippen molar-refractivity contribution >= 4 is 5.97 Å². The Hall–Kier alpha value is -3.53. The topological polar surface area (TPSA) is 44.4 Å². The summed E-state index contributed by atoms with van der Waals surface area (Å²) in [7, 11) is 1.42. The van der Waals surface area contributed by atoms with Gasteiger partial charge < -0.3 is 13.7 Å². The van der Waals surface area contributed by atoms with Crippen LogP contribution in [0.4, 0.5) is 0 Å². The van der Waals surface area contributed by atoms with Crippen LogP contribution in [0.5, 0.6) is 0 Å². The minimum Gasteiger partial charge on any atom is -0.467 e. The van der Waals surface area contributed by atoms with Crippen molar-refractivity contribution < 1.29 is 13.9 Å². The molecule has 190 valence electrons. The first-order chi connectivity index (χ1) is 17.7. The maximum absolute atomic E-state index is 12.0. The van der Waals surface area contributed by atoms with Crippen LogP contribution in [0.3, 0.4) is 0 Å². The first-order valence-corrected chi connectivity index (χ1v) is 13.3. The normalized spacial score (nSPS) is 17.0. The Morgan fingerprint density at radius 3 is 2.30 bits per heavy atom. The molecule has 0 saturated carbocycles. The lowest BCUT2D eigenvalue weighted by Gasteiger charge is -2.43. The molecule has 2 aromatic heterocycles. The van der Waals surface area contributed by atoms with Crippen LogP contribution in [-0.2, 0) is 35.0 Å². The van der Waals surface area contributed by atoms with E-state index in [0.717, 1.165) is 24.2 Å². The largest absolute Gasteiger partial charge is 0.467 e. The first kappa shape index (κ1) is 23.8. The zero-order valence-corrected chi connectivity index (χ0v) is 22.5. The predicted octanol–water partition coefficient (Wildman–Crippen LogP) is 7.70. The van der Waals surface area contributed by atoms with Gasteiger partial charge in [-0.25, -0.2) is 4.79 Å². The third kappa shape index (κ3) is 3.94. The van der Waals surface area contributed by atoms with Gasteiger partial charge in [0.05, 0.1) is 31.2 Å². The summed E-state index contributed by atoms with van der Waals surface area (Å²) in [6.45, 7) is 10.3. The van der Waals surface area contributed by atoms with Gasteiger partial charge in [-0.3, -0.25) is 0 Å². The van der Waals surface area contributed by atoms with Crippen molar-refractivity contribution in [3.05, 3.63) is 94.6 Å². The van der Waals surface area contributed by atoms with Crippen LogP contribution in [0.15, 0.2) is 65.4 Å². The summed E-state index contributed by atoms with van der Waals surface area (Å²) >= 11 is 0. The number of rotatable bonds is 4. The monoisotopic (exact) mass is 493 g/mol. The summed E-state index contributed by atoms with van der Waals surface area (Å²) in [5.74, 6) is 0.630. The molecule has 2 aromatic carbocycles. The number of fused-ring (bicyclic) bond motifs is 4. The highest BCUT2D eigenvalue weighted by Crippen LogP contribution is 2.50. The van der Waals surface area contributed by atoms with Crippen molar-refractivity contribution in [3.8, 4) is 22.4 Å². The van der Waals surface area contributed by atoms with E-state index in [0.29, 0.717) is 12.1 Å². The zero-order chi connectivity index (χ0) is 25.9. The number of ether oxygens (including phenoxy) is 1. The molecule has 0 fully saturated rings. The molecule has 0 unspecified atom stereocenters. The molecule has 4 nitrogen and oxygen atoms in total. The van der Waals surface area contributed by atoms with Crippen LogP contribution < -0.4 is 0 Å². The number of carbonyl (C=O) groups excluding carboxylic acids is 1. The van der Waals surface area contributed by atoms with Crippen LogP contribution in [0.1, 0.15) is 78.9 Å². The Bertz CT molecular complexity index is 1480. The van der Waals surface area contributed by atoms with E-state index in [1.54, 1.807) is 6.26 Å². The average molecular weight is 494 g/mol. The second kappa shape index (κ2) is 8.51. The van der Waals surface area contributed by atoms with E-state index in [-0.39, 0.29) is 16.8 Å². The number of hydrogen-bond acceptors (Lipinski definition) is 3. The molecular formula is C33H35NO3. The molecule has 4 heteroatoms. The maximum Gasteiger partial charge on any atom is 0.337 e. The van der Waals surface area contributed by atoms with Crippen LogP contribution in [-0.4, -0.2) is 17.6 Å². The van der Waals surface area contributed by atoms with Gasteiger partial charge in [-0.2, -0.15) is 0 Å². The molecule has 2 aliphatic carbocycles. The molecule has 4 aromatic rings. The van der Waals surface area contributed by atoms with E-state index in [9.17, 15) is 4.79 Å². The van der Waals surface area contributed by atoms with Crippen molar-refractivity contribution in [1.82, 2.24) is 4.57 Å². The highest BCUT2D eigenvalue weighted by molar-refractivity contribution is 5.90. The molecule has 0 atom stereocenters. The number of aryl methyl sites for hydroxylation is 1. The maximum atomic E-state index is 12.0. The van der Waals surface area contributed by atoms with Crippen molar-refractivity contribution in [3.63, 3.8) is 0 Å². The van der Waals surface area contributed by atoms with Gasteiger partial charge in [-0.15, -0.1) is 0 Å². The molecule has 6 rings (SSSR count). The highest BCUT2D eigenvalue weighted by atomic mass is 16.5. The summed E-state index contributed by atoms with van der Waals surface area (Å²) in [5, 5.41) is 0. The molecule has 0 aliphatic heterocycles. The third-order valence-corrected chi connectivity index (χ3v) is 8.68. The molecule has 2 heterocycles. The van der Waals surface area contributed by atoms with E-state index in [1.165, 1.54) is 59.0 Å². The molecule has 0 saturated heterocycles. The molecule has 37 heavy (non-hydrogen) atoms. The fraction of sp³-hybridized carbons (Fsp3) is 0.364. The number of benzene rings is 2. The van der Waals surface area contributed by atoms with E-state index in [1.807, 2.05) is 36.4 Å². The lowest BCUT2D eigenvalue weighted by atomic mass is 9.62. The molecule has 0 bridgehead atoms. The quantitative estimate of drug-likeness (QED) is 0.274. The smallest absolute Gasteiger partial charge is 0.337 e. The number of nitrogens with zero attached hydrogens (tertiary/aromatic N) is 1. The number of furan rings is 1. The lowest BCUT2D eigenvalue weighted by Crippen LogP contribution is -2.34.